The first-order valence-electron chi connectivity index (χ1n) is 15.3. The summed E-state index contributed by atoms with van der Waals surface area (Å²) in [5.41, 5.74) is -1.44. The van der Waals surface area contributed by atoms with Crippen molar-refractivity contribution >= 4 is 29.7 Å². The van der Waals surface area contributed by atoms with Crippen molar-refractivity contribution in [1.29, 1.82) is 0 Å². The van der Waals surface area contributed by atoms with Crippen LogP contribution in [0.3, 0.4) is 0 Å². The first-order chi connectivity index (χ1) is 19.9. The number of carboxylic acids is 3. The minimum absolute atomic E-state index is 0.105. The molecule has 230 valence electrons. The minimum Gasteiger partial charge on any atom is -0.481 e. The van der Waals surface area contributed by atoms with Crippen LogP contribution in [0.4, 0.5) is 0 Å². The lowest BCUT2D eigenvalue weighted by atomic mass is 9.36. The van der Waals surface area contributed by atoms with Crippen molar-refractivity contribution < 1.29 is 39.3 Å². The van der Waals surface area contributed by atoms with Crippen LogP contribution in [0.5, 0.6) is 0 Å². The normalized spacial score (nSPS) is 29.0. The van der Waals surface area contributed by atoms with Gasteiger partial charge in [0.1, 0.15) is 6.04 Å². The molecule has 4 N–H and O–H groups in total. The number of rotatable bonds is 15. The zero-order valence-electron chi connectivity index (χ0n) is 24.6. The van der Waals surface area contributed by atoms with Crippen molar-refractivity contribution in [1.82, 2.24) is 10.2 Å². The Labute approximate surface area is 246 Å². The molecule has 1 aromatic carbocycles. The van der Waals surface area contributed by atoms with Crippen LogP contribution < -0.4 is 5.32 Å². The van der Waals surface area contributed by atoms with Crippen molar-refractivity contribution in [2.45, 2.75) is 84.1 Å². The van der Waals surface area contributed by atoms with Gasteiger partial charge >= 0.3 is 17.9 Å². The zero-order valence-corrected chi connectivity index (χ0v) is 24.6. The predicted molar refractivity (Wildman–Crippen MR) is 154 cm³/mol. The molecule has 2 amide bonds. The van der Waals surface area contributed by atoms with Gasteiger partial charge < -0.3 is 25.5 Å². The SMILES string of the molecule is CCCN(CCC)C(=O)C(CC(C(=O)O)C12CC3CC(CC(CC(=O)O)(C3)C1CC(=O)O)C2)NC(=O)c1ccccc1. The van der Waals surface area contributed by atoms with Crippen LogP contribution in [-0.2, 0) is 19.2 Å². The maximum absolute atomic E-state index is 14.0. The molecule has 10 nitrogen and oxygen atoms in total. The highest BCUT2D eigenvalue weighted by atomic mass is 16.4. The molecular weight excluding hydrogens is 540 g/mol. The van der Waals surface area contributed by atoms with Gasteiger partial charge in [-0.2, -0.15) is 0 Å². The van der Waals surface area contributed by atoms with Crippen LogP contribution in [0.2, 0.25) is 0 Å². The number of aliphatic carboxylic acids is 3. The Bertz CT molecular complexity index is 1160. The summed E-state index contributed by atoms with van der Waals surface area (Å²) in [6.45, 7) is 4.81. The molecule has 4 fully saturated rings. The summed E-state index contributed by atoms with van der Waals surface area (Å²) in [6, 6.07) is 7.30. The van der Waals surface area contributed by atoms with Crippen LogP contribution in [-0.4, -0.2) is 69.1 Å². The van der Waals surface area contributed by atoms with E-state index in [0.29, 0.717) is 57.2 Å². The van der Waals surface area contributed by atoms with Crippen LogP contribution in [0.15, 0.2) is 30.3 Å². The quantitative estimate of drug-likeness (QED) is 0.237. The van der Waals surface area contributed by atoms with Gasteiger partial charge in [0.15, 0.2) is 0 Å². The van der Waals surface area contributed by atoms with Gasteiger partial charge in [0, 0.05) is 25.1 Å². The van der Waals surface area contributed by atoms with E-state index in [-0.39, 0.29) is 37.0 Å². The topological polar surface area (TPSA) is 161 Å². The summed E-state index contributed by atoms with van der Waals surface area (Å²) < 4.78 is 0. The van der Waals surface area contributed by atoms with Crippen molar-refractivity contribution in [3.05, 3.63) is 35.9 Å². The number of carbonyl (C=O) groups is 5. The van der Waals surface area contributed by atoms with Crippen LogP contribution in [0.25, 0.3) is 0 Å². The van der Waals surface area contributed by atoms with E-state index in [0.717, 1.165) is 6.42 Å². The first-order valence-corrected chi connectivity index (χ1v) is 15.3. The van der Waals surface area contributed by atoms with E-state index in [4.69, 9.17) is 0 Å². The number of carboxylic acid groups (broad SMARTS) is 3. The molecule has 10 heteroatoms. The fourth-order valence-electron chi connectivity index (χ4n) is 9.17. The van der Waals surface area contributed by atoms with E-state index >= 15 is 0 Å². The first kappa shape index (κ1) is 31.5. The highest BCUT2D eigenvalue weighted by Crippen LogP contribution is 2.72. The summed E-state index contributed by atoms with van der Waals surface area (Å²) in [4.78, 5) is 66.5. The van der Waals surface area contributed by atoms with Crippen molar-refractivity contribution in [2.75, 3.05) is 13.1 Å². The van der Waals surface area contributed by atoms with Gasteiger partial charge in [0.2, 0.25) is 5.91 Å². The average Bonchev–Trinajstić information content (AvgIpc) is 2.91. The van der Waals surface area contributed by atoms with Crippen molar-refractivity contribution in [2.24, 2.45) is 34.5 Å². The third-order valence-corrected chi connectivity index (χ3v) is 10.1. The lowest BCUT2D eigenvalue weighted by molar-refractivity contribution is -0.211. The zero-order chi connectivity index (χ0) is 30.7. The smallest absolute Gasteiger partial charge is 0.307 e. The van der Waals surface area contributed by atoms with Crippen molar-refractivity contribution in [3.63, 3.8) is 0 Å². The van der Waals surface area contributed by atoms with Gasteiger partial charge in [-0.25, -0.2) is 0 Å². The molecule has 1 aromatic rings. The maximum Gasteiger partial charge on any atom is 0.307 e. The van der Waals surface area contributed by atoms with E-state index in [1.807, 2.05) is 13.8 Å². The Morgan fingerprint density at radius 1 is 0.905 bits per heavy atom. The second kappa shape index (κ2) is 12.8. The number of hydrogen-bond acceptors (Lipinski definition) is 5. The Morgan fingerprint density at radius 2 is 1.50 bits per heavy atom. The molecule has 0 spiro atoms. The van der Waals surface area contributed by atoms with Crippen LogP contribution in [0, 0.1) is 34.5 Å². The fourth-order valence-corrected chi connectivity index (χ4v) is 9.17. The Morgan fingerprint density at radius 3 is 2.00 bits per heavy atom. The second-order valence-electron chi connectivity index (χ2n) is 12.9. The minimum atomic E-state index is -1.14. The Balaban J connectivity index is 1.76. The van der Waals surface area contributed by atoms with Gasteiger partial charge in [-0.3, -0.25) is 24.0 Å². The summed E-state index contributed by atoms with van der Waals surface area (Å²) in [7, 11) is 0. The number of hydrogen-bond donors (Lipinski definition) is 4. The van der Waals surface area contributed by atoms with Gasteiger partial charge in [-0.05, 0) is 92.1 Å². The average molecular weight is 585 g/mol. The standard InChI is InChI=1S/C32H44N2O8/c1-3-10-34(11-4-2)29(40)24(33-28(39)22-8-6-5-7-9-22)13-23(30(41)42)32-17-20-12-21(18-32)16-31(15-20,19-27(37)38)25(32)14-26(35)36/h5-9,20-21,23-25H,3-4,10-19H2,1-2H3,(H,33,39)(H,35,36)(H,37,38)(H,41,42). The second-order valence-corrected chi connectivity index (χ2v) is 12.9. The molecule has 4 saturated carbocycles. The molecule has 4 bridgehead atoms. The molecule has 0 heterocycles. The molecule has 0 aliphatic heterocycles. The van der Waals surface area contributed by atoms with Gasteiger partial charge in [0.25, 0.3) is 5.91 Å². The third-order valence-electron chi connectivity index (χ3n) is 10.1. The van der Waals surface area contributed by atoms with E-state index in [1.165, 1.54) is 0 Å². The van der Waals surface area contributed by atoms with Gasteiger partial charge in [-0.15, -0.1) is 0 Å². The number of nitrogens with zero attached hydrogens (tertiary/aromatic N) is 1. The molecule has 0 aromatic heterocycles. The Hall–Kier alpha value is -3.43. The maximum atomic E-state index is 14.0. The molecule has 4 aliphatic carbocycles. The molecule has 5 atom stereocenters. The van der Waals surface area contributed by atoms with Crippen molar-refractivity contribution in [3.8, 4) is 0 Å². The summed E-state index contributed by atoms with van der Waals surface area (Å²) in [5.74, 6) is -5.64. The highest BCUT2D eigenvalue weighted by Gasteiger charge is 2.67. The summed E-state index contributed by atoms with van der Waals surface area (Å²) in [6.07, 6.45) is 3.70. The van der Waals surface area contributed by atoms with E-state index in [1.54, 1.807) is 35.2 Å². The molecule has 42 heavy (non-hydrogen) atoms. The molecule has 4 aliphatic rings. The van der Waals surface area contributed by atoms with E-state index < -0.39 is 52.5 Å². The summed E-state index contributed by atoms with van der Waals surface area (Å²) in [5, 5.41) is 33.5. The number of amides is 2. The predicted octanol–water partition coefficient (Wildman–Crippen LogP) is 4.29. The largest absolute Gasteiger partial charge is 0.481 e. The number of nitrogens with one attached hydrogen (secondary N) is 1. The molecular formula is C32H44N2O8. The molecule has 0 radical (unpaired) electrons. The van der Waals surface area contributed by atoms with E-state index in [2.05, 4.69) is 5.32 Å². The fraction of sp³-hybridized carbons (Fsp3) is 0.656. The molecule has 0 saturated heterocycles. The highest BCUT2D eigenvalue weighted by molar-refractivity contribution is 5.97. The lowest BCUT2D eigenvalue weighted by Gasteiger charge is -2.68. The van der Waals surface area contributed by atoms with Gasteiger partial charge in [0.05, 0.1) is 12.3 Å². The Kier molecular flexibility index (Phi) is 9.63. The van der Waals surface area contributed by atoms with Crippen LogP contribution >= 0.6 is 0 Å². The van der Waals surface area contributed by atoms with Gasteiger partial charge in [-0.1, -0.05) is 32.0 Å². The third kappa shape index (κ3) is 6.32. The number of carbonyl (C=O) groups excluding carboxylic acids is 2. The van der Waals surface area contributed by atoms with E-state index in [9.17, 15) is 39.3 Å². The molecule has 5 rings (SSSR count). The number of benzene rings is 1. The monoisotopic (exact) mass is 584 g/mol. The summed E-state index contributed by atoms with van der Waals surface area (Å²) >= 11 is 0. The lowest BCUT2D eigenvalue weighted by Crippen LogP contribution is -2.64. The molecule has 5 unspecified atom stereocenters. The van der Waals surface area contributed by atoms with Crippen LogP contribution in [0.1, 0.15) is 88.4 Å².